The van der Waals surface area contributed by atoms with Gasteiger partial charge in [-0.05, 0) is 23.8 Å². The molecular formula is C15H15BrN2O3. The molecule has 0 saturated heterocycles. The molecule has 0 atom stereocenters. The predicted molar refractivity (Wildman–Crippen MR) is 86.8 cm³/mol. The Morgan fingerprint density at radius 2 is 1.95 bits per heavy atom. The standard InChI is InChI=1S/C15H15BrN2O3/c1-17(13-5-3-4-6-15(13)21-2)12-8-7-11(10-16)9-14(12)18(19)20/h3-9H,10H2,1-2H3. The lowest BCUT2D eigenvalue weighted by atomic mass is 10.1. The van der Waals surface area contributed by atoms with Gasteiger partial charge in [0.15, 0.2) is 0 Å². The first-order valence-electron chi connectivity index (χ1n) is 6.28. The van der Waals surface area contributed by atoms with Crippen molar-refractivity contribution in [1.82, 2.24) is 0 Å². The molecule has 0 unspecified atom stereocenters. The second-order valence-corrected chi connectivity index (χ2v) is 5.01. The summed E-state index contributed by atoms with van der Waals surface area (Å²) < 4.78 is 5.31. The molecular weight excluding hydrogens is 336 g/mol. The Labute approximate surface area is 131 Å². The minimum Gasteiger partial charge on any atom is -0.495 e. The number of ether oxygens (including phenoxy) is 1. The molecule has 0 N–H and O–H groups in total. The number of nitrogens with zero attached hydrogens (tertiary/aromatic N) is 2. The van der Waals surface area contributed by atoms with E-state index >= 15 is 0 Å². The smallest absolute Gasteiger partial charge is 0.293 e. The second-order valence-electron chi connectivity index (χ2n) is 4.44. The summed E-state index contributed by atoms with van der Waals surface area (Å²) in [6, 6.07) is 12.6. The van der Waals surface area contributed by atoms with Gasteiger partial charge in [-0.2, -0.15) is 0 Å². The van der Waals surface area contributed by atoms with Gasteiger partial charge in [-0.15, -0.1) is 0 Å². The zero-order valence-corrected chi connectivity index (χ0v) is 13.3. The number of para-hydroxylation sites is 2. The van der Waals surface area contributed by atoms with Crippen LogP contribution in [0.4, 0.5) is 17.1 Å². The van der Waals surface area contributed by atoms with Gasteiger partial charge >= 0.3 is 0 Å². The van der Waals surface area contributed by atoms with Crippen molar-refractivity contribution < 1.29 is 9.66 Å². The Morgan fingerprint density at radius 1 is 1.24 bits per heavy atom. The van der Waals surface area contributed by atoms with E-state index in [4.69, 9.17) is 4.74 Å². The summed E-state index contributed by atoms with van der Waals surface area (Å²) in [7, 11) is 3.36. The monoisotopic (exact) mass is 350 g/mol. The molecule has 0 spiro atoms. The normalized spacial score (nSPS) is 10.2. The average Bonchev–Trinajstić information content (AvgIpc) is 2.53. The summed E-state index contributed by atoms with van der Waals surface area (Å²) in [5.74, 6) is 0.666. The highest BCUT2D eigenvalue weighted by atomic mass is 79.9. The summed E-state index contributed by atoms with van der Waals surface area (Å²) in [6.45, 7) is 0. The third-order valence-corrected chi connectivity index (χ3v) is 3.85. The highest BCUT2D eigenvalue weighted by Crippen LogP contribution is 2.37. The van der Waals surface area contributed by atoms with Crippen LogP contribution in [0.3, 0.4) is 0 Å². The maximum absolute atomic E-state index is 11.3. The molecule has 0 fully saturated rings. The van der Waals surface area contributed by atoms with Gasteiger partial charge in [-0.1, -0.05) is 34.1 Å². The van der Waals surface area contributed by atoms with E-state index in [2.05, 4.69) is 15.9 Å². The van der Waals surface area contributed by atoms with Gasteiger partial charge in [0.25, 0.3) is 5.69 Å². The van der Waals surface area contributed by atoms with Crippen molar-refractivity contribution in [2.45, 2.75) is 5.33 Å². The fourth-order valence-corrected chi connectivity index (χ4v) is 2.47. The Balaban J connectivity index is 2.52. The Kier molecular flexibility index (Phi) is 4.80. The largest absolute Gasteiger partial charge is 0.495 e. The molecule has 0 radical (unpaired) electrons. The number of hydrogen-bond donors (Lipinski definition) is 0. The van der Waals surface area contributed by atoms with E-state index in [9.17, 15) is 10.1 Å². The van der Waals surface area contributed by atoms with E-state index < -0.39 is 0 Å². The van der Waals surface area contributed by atoms with Crippen molar-refractivity contribution in [3.05, 3.63) is 58.1 Å². The average molecular weight is 351 g/mol. The predicted octanol–water partition coefficient (Wildman–Crippen LogP) is 4.27. The van der Waals surface area contributed by atoms with Crippen molar-refractivity contribution in [2.75, 3.05) is 19.1 Å². The highest BCUT2D eigenvalue weighted by Gasteiger charge is 2.20. The Hall–Kier alpha value is -2.08. The number of nitro groups is 1. The first-order valence-corrected chi connectivity index (χ1v) is 7.40. The summed E-state index contributed by atoms with van der Waals surface area (Å²) in [5.41, 5.74) is 2.23. The molecule has 0 heterocycles. The number of methoxy groups -OCH3 is 1. The van der Waals surface area contributed by atoms with Gasteiger partial charge in [0, 0.05) is 18.4 Å². The van der Waals surface area contributed by atoms with Crippen molar-refractivity contribution in [3.8, 4) is 5.75 Å². The van der Waals surface area contributed by atoms with E-state index in [0.717, 1.165) is 11.3 Å². The topological polar surface area (TPSA) is 55.6 Å². The minimum absolute atomic E-state index is 0.0698. The van der Waals surface area contributed by atoms with Gasteiger partial charge < -0.3 is 9.64 Å². The van der Waals surface area contributed by atoms with Crippen LogP contribution in [0.2, 0.25) is 0 Å². The zero-order valence-electron chi connectivity index (χ0n) is 11.7. The number of alkyl halides is 1. The molecule has 0 aromatic heterocycles. The molecule has 0 bridgehead atoms. The zero-order chi connectivity index (χ0) is 15.4. The van der Waals surface area contributed by atoms with Crippen LogP contribution < -0.4 is 9.64 Å². The summed E-state index contributed by atoms with van der Waals surface area (Å²) in [6.07, 6.45) is 0. The molecule has 2 aromatic carbocycles. The fourth-order valence-electron chi connectivity index (χ4n) is 2.12. The van der Waals surface area contributed by atoms with Gasteiger partial charge in [-0.3, -0.25) is 10.1 Å². The molecule has 0 saturated carbocycles. The van der Waals surface area contributed by atoms with Crippen LogP contribution in [0.25, 0.3) is 0 Å². The van der Waals surface area contributed by atoms with E-state index in [-0.39, 0.29) is 10.6 Å². The first-order chi connectivity index (χ1) is 10.1. The molecule has 5 nitrogen and oxygen atoms in total. The first kappa shape index (κ1) is 15.3. The summed E-state index contributed by atoms with van der Waals surface area (Å²) in [4.78, 5) is 12.7. The van der Waals surface area contributed by atoms with Crippen LogP contribution in [0.15, 0.2) is 42.5 Å². The van der Waals surface area contributed by atoms with Crippen LogP contribution >= 0.6 is 15.9 Å². The van der Waals surface area contributed by atoms with Crippen molar-refractivity contribution >= 4 is 33.0 Å². The molecule has 0 amide bonds. The number of halogens is 1. The molecule has 110 valence electrons. The van der Waals surface area contributed by atoms with Crippen molar-refractivity contribution in [1.29, 1.82) is 0 Å². The van der Waals surface area contributed by atoms with Gasteiger partial charge in [0.1, 0.15) is 11.4 Å². The third-order valence-electron chi connectivity index (χ3n) is 3.20. The van der Waals surface area contributed by atoms with Crippen LogP contribution in [0, 0.1) is 10.1 Å². The fraction of sp³-hybridized carbons (Fsp3) is 0.200. The lowest BCUT2D eigenvalue weighted by Crippen LogP contribution is -2.12. The van der Waals surface area contributed by atoms with E-state index in [1.807, 2.05) is 30.3 Å². The van der Waals surface area contributed by atoms with Crippen molar-refractivity contribution in [2.24, 2.45) is 0 Å². The molecule has 2 rings (SSSR count). The lowest BCUT2D eigenvalue weighted by Gasteiger charge is -2.21. The van der Waals surface area contributed by atoms with E-state index in [1.54, 1.807) is 31.2 Å². The maximum Gasteiger partial charge on any atom is 0.293 e. The quantitative estimate of drug-likeness (QED) is 0.459. The lowest BCUT2D eigenvalue weighted by molar-refractivity contribution is -0.384. The molecule has 2 aromatic rings. The number of anilines is 2. The molecule has 0 aliphatic rings. The van der Waals surface area contributed by atoms with Crippen LogP contribution in [-0.2, 0) is 5.33 Å². The molecule has 0 aliphatic carbocycles. The number of hydrogen-bond acceptors (Lipinski definition) is 4. The van der Waals surface area contributed by atoms with Gasteiger partial charge in [0.05, 0.1) is 17.7 Å². The van der Waals surface area contributed by atoms with E-state index in [0.29, 0.717) is 16.8 Å². The highest BCUT2D eigenvalue weighted by molar-refractivity contribution is 9.08. The summed E-state index contributed by atoms with van der Waals surface area (Å²) in [5, 5.41) is 11.9. The SMILES string of the molecule is COc1ccccc1N(C)c1ccc(CBr)cc1[N+](=O)[O-]. The number of benzene rings is 2. The third kappa shape index (κ3) is 3.16. The van der Waals surface area contributed by atoms with E-state index in [1.165, 1.54) is 0 Å². The van der Waals surface area contributed by atoms with Crippen LogP contribution in [0.1, 0.15) is 5.56 Å². The molecule has 0 aliphatic heterocycles. The molecule has 6 heteroatoms. The van der Waals surface area contributed by atoms with Gasteiger partial charge in [0.2, 0.25) is 0 Å². The summed E-state index contributed by atoms with van der Waals surface area (Å²) >= 11 is 3.31. The van der Waals surface area contributed by atoms with Crippen LogP contribution in [-0.4, -0.2) is 19.1 Å². The van der Waals surface area contributed by atoms with Crippen LogP contribution in [0.5, 0.6) is 5.75 Å². The molecule has 21 heavy (non-hydrogen) atoms. The second kappa shape index (κ2) is 6.58. The minimum atomic E-state index is -0.368. The maximum atomic E-state index is 11.3. The Bertz CT molecular complexity index is 661. The number of nitro benzene ring substituents is 1. The van der Waals surface area contributed by atoms with Crippen molar-refractivity contribution in [3.63, 3.8) is 0 Å². The Morgan fingerprint density at radius 3 is 2.57 bits per heavy atom. The number of rotatable bonds is 5. The van der Waals surface area contributed by atoms with Gasteiger partial charge in [-0.25, -0.2) is 0 Å².